The standard InChI is InChI=1S/C20H24N2O3S/c1-15(2)18-7-3-4-8-19(18)21-26(24,25)17-11-9-16(10-12-17)20(23)22-13-5-6-14-22/h3-4,7-12,15,21H,5-6,13-14H2,1-2H3. The summed E-state index contributed by atoms with van der Waals surface area (Å²) in [5.74, 6) is 0.166. The van der Waals surface area contributed by atoms with Gasteiger partial charge in [-0.3, -0.25) is 9.52 Å². The Morgan fingerprint density at radius 3 is 2.23 bits per heavy atom. The minimum Gasteiger partial charge on any atom is -0.339 e. The van der Waals surface area contributed by atoms with E-state index in [-0.39, 0.29) is 16.7 Å². The number of nitrogens with zero attached hydrogens (tertiary/aromatic N) is 1. The van der Waals surface area contributed by atoms with E-state index in [1.165, 1.54) is 12.1 Å². The van der Waals surface area contributed by atoms with Crippen LogP contribution in [0.1, 0.15) is 48.5 Å². The molecule has 2 aromatic rings. The van der Waals surface area contributed by atoms with Gasteiger partial charge >= 0.3 is 0 Å². The lowest BCUT2D eigenvalue weighted by molar-refractivity contribution is 0.0792. The van der Waals surface area contributed by atoms with Crippen molar-refractivity contribution >= 4 is 21.6 Å². The number of carbonyl (C=O) groups is 1. The number of anilines is 1. The molecule has 2 aromatic carbocycles. The van der Waals surface area contributed by atoms with Crippen LogP contribution in [0.25, 0.3) is 0 Å². The molecule has 1 heterocycles. The zero-order chi connectivity index (χ0) is 18.7. The van der Waals surface area contributed by atoms with Gasteiger partial charge < -0.3 is 4.90 Å². The molecule has 0 unspecified atom stereocenters. The molecule has 3 rings (SSSR count). The van der Waals surface area contributed by atoms with Gasteiger partial charge in [-0.1, -0.05) is 32.0 Å². The third kappa shape index (κ3) is 3.90. The number of hydrogen-bond acceptors (Lipinski definition) is 3. The fourth-order valence-electron chi connectivity index (χ4n) is 3.18. The smallest absolute Gasteiger partial charge is 0.261 e. The second-order valence-corrected chi connectivity index (χ2v) is 8.55. The van der Waals surface area contributed by atoms with Crippen LogP contribution in [-0.2, 0) is 10.0 Å². The van der Waals surface area contributed by atoms with Gasteiger partial charge in [0.25, 0.3) is 15.9 Å². The second kappa shape index (κ2) is 7.50. The van der Waals surface area contributed by atoms with Crippen molar-refractivity contribution in [3.05, 3.63) is 59.7 Å². The average Bonchev–Trinajstić information content (AvgIpc) is 3.16. The third-order valence-electron chi connectivity index (χ3n) is 4.63. The summed E-state index contributed by atoms with van der Waals surface area (Å²) >= 11 is 0. The summed E-state index contributed by atoms with van der Waals surface area (Å²) in [5.41, 5.74) is 2.05. The Kier molecular flexibility index (Phi) is 5.32. The number of benzene rings is 2. The van der Waals surface area contributed by atoms with E-state index >= 15 is 0 Å². The molecule has 0 saturated carbocycles. The van der Waals surface area contributed by atoms with Gasteiger partial charge in [0.05, 0.1) is 10.6 Å². The normalized spacial score (nSPS) is 14.7. The fourth-order valence-corrected chi connectivity index (χ4v) is 4.26. The van der Waals surface area contributed by atoms with Crippen LogP contribution in [-0.4, -0.2) is 32.3 Å². The van der Waals surface area contributed by atoms with E-state index in [1.807, 2.05) is 32.0 Å². The molecule has 138 valence electrons. The van der Waals surface area contributed by atoms with E-state index in [2.05, 4.69) is 4.72 Å². The average molecular weight is 372 g/mol. The van der Waals surface area contributed by atoms with Crippen molar-refractivity contribution in [1.82, 2.24) is 4.90 Å². The number of carbonyl (C=O) groups excluding carboxylic acids is 1. The molecular formula is C20H24N2O3S. The molecule has 1 aliphatic rings. The predicted octanol–water partition coefficient (Wildman–Crippen LogP) is 3.85. The lowest BCUT2D eigenvalue weighted by Crippen LogP contribution is -2.27. The van der Waals surface area contributed by atoms with Crippen LogP contribution in [0, 0.1) is 0 Å². The highest BCUT2D eigenvalue weighted by Crippen LogP contribution is 2.26. The van der Waals surface area contributed by atoms with Gasteiger partial charge in [-0.2, -0.15) is 0 Å². The Hall–Kier alpha value is -2.34. The molecule has 0 aliphatic carbocycles. The van der Waals surface area contributed by atoms with Gasteiger partial charge in [0.15, 0.2) is 0 Å². The van der Waals surface area contributed by atoms with Crippen molar-refractivity contribution in [3.8, 4) is 0 Å². The van der Waals surface area contributed by atoms with Gasteiger partial charge in [-0.15, -0.1) is 0 Å². The van der Waals surface area contributed by atoms with Crippen molar-refractivity contribution in [2.45, 2.75) is 37.5 Å². The van der Waals surface area contributed by atoms with E-state index in [9.17, 15) is 13.2 Å². The Bertz CT molecular complexity index is 884. The zero-order valence-electron chi connectivity index (χ0n) is 15.1. The van der Waals surface area contributed by atoms with E-state index < -0.39 is 10.0 Å². The molecule has 26 heavy (non-hydrogen) atoms. The minimum absolute atomic E-state index is 0.0374. The Balaban J connectivity index is 1.81. The summed E-state index contributed by atoms with van der Waals surface area (Å²) < 4.78 is 28.1. The van der Waals surface area contributed by atoms with Gasteiger partial charge in [0.1, 0.15) is 0 Å². The molecule has 6 heteroatoms. The third-order valence-corrected chi connectivity index (χ3v) is 6.01. The van der Waals surface area contributed by atoms with Gasteiger partial charge in [0.2, 0.25) is 0 Å². The predicted molar refractivity (Wildman–Crippen MR) is 103 cm³/mol. The first kappa shape index (κ1) is 18.5. The maximum atomic E-state index is 12.7. The molecule has 0 bridgehead atoms. The highest BCUT2D eigenvalue weighted by atomic mass is 32.2. The number of nitrogens with one attached hydrogen (secondary N) is 1. The monoisotopic (exact) mass is 372 g/mol. The van der Waals surface area contributed by atoms with Crippen LogP contribution >= 0.6 is 0 Å². The van der Waals surface area contributed by atoms with Crippen LogP contribution in [0.4, 0.5) is 5.69 Å². The Morgan fingerprint density at radius 2 is 1.62 bits per heavy atom. The van der Waals surface area contributed by atoms with Crippen molar-refractivity contribution in [3.63, 3.8) is 0 Å². The highest BCUT2D eigenvalue weighted by molar-refractivity contribution is 7.92. The number of sulfonamides is 1. The first-order valence-corrected chi connectivity index (χ1v) is 10.4. The van der Waals surface area contributed by atoms with Crippen LogP contribution < -0.4 is 4.72 Å². The molecule has 0 atom stereocenters. The summed E-state index contributed by atoms with van der Waals surface area (Å²) in [4.78, 5) is 14.3. The minimum atomic E-state index is -3.71. The first-order valence-electron chi connectivity index (χ1n) is 8.89. The Morgan fingerprint density at radius 1 is 1.00 bits per heavy atom. The summed E-state index contributed by atoms with van der Waals surface area (Å²) in [6.07, 6.45) is 2.05. The van der Waals surface area contributed by atoms with Crippen molar-refractivity contribution in [2.24, 2.45) is 0 Å². The molecule has 1 amide bonds. The fraction of sp³-hybridized carbons (Fsp3) is 0.350. The first-order chi connectivity index (χ1) is 12.4. The maximum absolute atomic E-state index is 12.7. The second-order valence-electron chi connectivity index (χ2n) is 6.87. The van der Waals surface area contributed by atoms with Crippen LogP contribution in [0.3, 0.4) is 0 Å². The maximum Gasteiger partial charge on any atom is 0.261 e. The topological polar surface area (TPSA) is 66.5 Å². The van der Waals surface area contributed by atoms with Crippen LogP contribution in [0.2, 0.25) is 0 Å². The van der Waals surface area contributed by atoms with Crippen molar-refractivity contribution < 1.29 is 13.2 Å². The summed E-state index contributed by atoms with van der Waals surface area (Å²) in [5, 5.41) is 0. The van der Waals surface area contributed by atoms with Crippen LogP contribution in [0.5, 0.6) is 0 Å². The highest BCUT2D eigenvalue weighted by Gasteiger charge is 2.21. The number of amides is 1. The molecule has 1 fully saturated rings. The molecule has 1 saturated heterocycles. The SMILES string of the molecule is CC(C)c1ccccc1NS(=O)(=O)c1ccc(C(=O)N2CCCC2)cc1. The van der Waals surface area contributed by atoms with E-state index in [0.717, 1.165) is 31.5 Å². The quantitative estimate of drug-likeness (QED) is 0.867. The number of rotatable bonds is 5. The molecule has 0 aromatic heterocycles. The van der Waals surface area contributed by atoms with E-state index in [1.54, 1.807) is 23.1 Å². The lowest BCUT2D eigenvalue weighted by atomic mass is 10.0. The van der Waals surface area contributed by atoms with E-state index in [0.29, 0.717) is 11.3 Å². The molecule has 1 aliphatic heterocycles. The van der Waals surface area contributed by atoms with Gasteiger partial charge in [-0.25, -0.2) is 8.42 Å². The van der Waals surface area contributed by atoms with Crippen molar-refractivity contribution in [2.75, 3.05) is 17.8 Å². The summed E-state index contributed by atoms with van der Waals surface area (Å²) in [6, 6.07) is 13.5. The zero-order valence-corrected chi connectivity index (χ0v) is 15.9. The summed E-state index contributed by atoms with van der Waals surface area (Å²) in [6.45, 7) is 5.58. The largest absolute Gasteiger partial charge is 0.339 e. The van der Waals surface area contributed by atoms with E-state index in [4.69, 9.17) is 0 Å². The molecular weight excluding hydrogens is 348 g/mol. The van der Waals surface area contributed by atoms with Crippen molar-refractivity contribution in [1.29, 1.82) is 0 Å². The van der Waals surface area contributed by atoms with Crippen LogP contribution in [0.15, 0.2) is 53.4 Å². The molecule has 0 radical (unpaired) electrons. The molecule has 5 nitrogen and oxygen atoms in total. The van der Waals surface area contributed by atoms with Gasteiger partial charge in [0, 0.05) is 18.7 Å². The molecule has 1 N–H and O–H groups in total. The lowest BCUT2D eigenvalue weighted by Gasteiger charge is -2.16. The number of hydrogen-bond donors (Lipinski definition) is 1. The van der Waals surface area contributed by atoms with Gasteiger partial charge in [-0.05, 0) is 54.7 Å². The number of likely N-dealkylation sites (tertiary alicyclic amines) is 1. The Labute approximate surface area is 155 Å². The molecule has 0 spiro atoms. The number of para-hydroxylation sites is 1. The summed E-state index contributed by atoms with van der Waals surface area (Å²) in [7, 11) is -3.71.